The summed E-state index contributed by atoms with van der Waals surface area (Å²) in [6, 6.07) is 13.3. The van der Waals surface area contributed by atoms with Gasteiger partial charge in [0.1, 0.15) is 11.3 Å². The summed E-state index contributed by atoms with van der Waals surface area (Å²) in [6.45, 7) is 1.03. The van der Waals surface area contributed by atoms with E-state index in [-0.39, 0.29) is 12.3 Å². The van der Waals surface area contributed by atoms with E-state index in [9.17, 15) is 4.79 Å². The molecule has 0 radical (unpaired) electrons. The summed E-state index contributed by atoms with van der Waals surface area (Å²) < 4.78 is 11.0. The number of pyridine rings is 2. The van der Waals surface area contributed by atoms with Crippen LogP contribution in [-0.4, -0.2) is 39.2 Å². The van der Waals surface area contributed by atoms with Crippen molar-refractivity contribution < 1.29 is 14.1 Å². The molecule has 8 nitrogen and oxygen atoms in total. The van der Waals surface area contributed by atoms with Crippen LogP contribution in [0.4, 0.5) is 0 Å². The average Bonchev–Trinajstić information content (AvgIpc) is 3.27. The highest BCUT2D eigenvalue weighted by atomic mass is 16.5. The number of rotatable bonds is 9. The highest BCUT2D eigenvalue weighted by Crippen LogP contribution is 2.22. The number of benzene rings is 1. The maximum Gasteiger partial charge on any atom is 0.227 e. The predicted octanol–water partition coefficient (Wildman–Crippen LogP) is 3.20. The van der Waals surface area contributed by atoms with E-state index in [1.807, 2.05) is 30.3 Å². The third kappa shape index (κ3) is 4.96. The van der Waals surface area contributed by atoms with Gasteiger partial charge in [0.25, 0.3) is 0 Å². The fourth-order valence-electron chi connectivity index (χ4n) is 2.96. The Morgan fingerprint density at radius 3 is 2.83 bits per heavy atom. The molecule has 4 aromatic rings. The molecule has 0 aliphatic rings. The Morgan fingerprint density at radius 2 is 1.93 bits per heavy atom. The fraction of sp³-hybridized carbons (Fsp3) is 0.227. The van der Waals surface area contributed by atoms with Gasteiger partial charge >= 0.3 is 0 Å². The SMILES string of the molecule is O=C(CCc1nc(-c2ccncc2)no1)NCCCOc1cccc2cccnc12. The van der Waals surface area contributed by atoms with Gasteiger partial charge < -0.3 is 14.6 Å². The van der Waals surface area contributed by atoms with E-state index in [4.69, 9.17) is 9.26 Å². The van der Waals surface area contributed by atoms with Crippen molar-refractivity contribution in [2.24, 2.45) is 0 Å². The molecule has 1 N–H and O–H groups in total. The van der Waals surface area contributed by atoms with Crippen molar-refractivity contribution >= 4 is 16.8 Å². The van der Waals surface area contributed by atoms with Gasteiger partial charge in [-0.1, -0.05) is 23.4 Å². The first kappa shape index (κ1) is 19.5. The second kappa shape index (κ2) is 9.60. The molecule has 4 rings (SSSR count). The smallest absolute Gasteiger partial charge is 0.227 e. The standard InChI is InChI=1S/C22H21N5O3/c28-19(7-8-20-26-22(27-30-20)17-9-13-23-14-10-17)24-12-3-15-29-18-6-1-4-16-5-2-11-25-21(16)18/h1-2,4-6,9-11,13-14H,3,7-8,12,15H2,(H,24,28). The Bertz CT molecular complexity index is 1110. The largest absolute Gasteiger partial charge is 0.491 e. The molecule has 0 aliphatic heterocycles. The number of aryl methyl sites for hydroxylation is 1. The van der Waals surface area contributed by atoms with E-state index in [2.05, 4.69) is 25.4 Å². The average molecular weight is 403 g/mol. The molecule has 8 heteroatoms. The van der Waals surface area contributed by atoms with Gasteiger partial charge in [-0.25, -0.2) is 0 Å². The monoisotopic (exact) mass is 403 g/mol. The molecule has 0 spiro atoms. The Labute approximate surface area is 173 Å². The predicted molar refractivity (Wildman–Crippen MR) is 111 cm³/mol. The minimum absolute atomic E-state index is 0.0644. The lowest BCUT2D eigenvalue weighted by molar-refractivity contribution is -0.121. The van der Waals surface area contributed by atoms with Gasteiger partial charge in [-0.2, -0.15) is 4.98 Å². The third-order valence-corrected chi connectivity index (χ3v) is 4.47. The van der Waals surface area contributed by atoms with Crippen LogP contribution in [0, 0.1) is 0 Å². The minimum Gasteiger partial charge on any atom is -0.491 e. The number of fused-ring (bicyclic) bond motifs is 1. The van der Waals surface area contributed by atoms with Crippen molar-refractivity contribution in [2.45, 2.75) is 19.3 Å². The molecule has 0 saturated carbocycles. The van der Waals surface area contributed by atoms with Crippen LogP contribution in [0.5, 0.6) is 5.75 Å². The number of hydrogen-bond donors (Lipinski definition) is 1. The molecule has 30 heavy (non-hydrogen) atoms. The molecule has 3 heterocycles. The quantitative estimate of drug-likeness (QED) is 0.428. The van der Waals surface area contributed by atoms with E-state index in [1.54, 1.807) is 30.7 Å². The number of amides is 1. The number of carbonyl (C=O) groups is 1. The zero-order valence-corrected chi connectivity index (χ0v) is 16.3. The van der Waals surface area contributed by atoms with Gasteiger partial charge in [0.2, 0.25) is 17.6 Å². The summed E-state index contributed by atoms with van der Waals surface area (Å²) in [5, 5.41) is 7.85. The third-order valence-electron chi connectivity index (χ3n) is 4.47. The summed E-state index contributed by atoms with van der Waals surface area (Å²) in [7, 11) is 0. The number of aromatic nitrogens is 4. The van der Waals surface area contributed by atoms with E-state index in [0.717, 1.165) is 22.2 Å². The molecule has 0 atom stereocenters. The van der Waals surface area contributed by atoms with Crippen molar-refractivity contribution in [3.8, 4) is 17.1 Å². The Balaban J connectivity index is 1.16. The lowest BCUT2D eigenvalue weighted by Crippen LogP contribution is -2.25. The molecule has 3 aromatic heterocycles. The van der Waals surface area contributed by atoms with Crippen LogP contribution in [0.15, 0.2) is 65.6 Å². The van der Waals surface area contributed by atoms with E-state index < -0.39 is 0 Å². The molecule has 1 amide bonds. The second-order valence-electron chi connectivity index (χ2n) is 6.63. The molecule has 0 saturated heterocycles. The maximum absolute atomic E-state index is 12.0. The summed E-state index contributed by atoms with van der Waals surface area (Å²) in [5.74, 6) is 1.61. The summed E-state index contributed by atoms with van der Waals surface area (Å²) >= 11 is 0. The molecular formula is C22H21N5O3. The lowest BCUT2D eigenvalue weighted by atomic mass is 10.2. The van der Waals surface area contributed by atoms with Crippen molar-refractivity contribution in [3.05, 3.63) is 66.9 Å². The zero-order valence-electron chi connectivity index (χ0n) is 16.3. The van der Waals surface area contributed by atoms with Crippen molar-refractivity contribution in [1.82, 2.24) is 25.4 Å². The Kier molecular flexibility index (Phi) is 6.24. The van der Waals surface area contributed by atoms with Crippen LogP contribution in [0.2, 0.25) is 0 Å². The van der Waals surface area contributed by atoms with E-state index >= 15 is 0 Å². The van der Waals surface area contributed by atoms with Crippen molar-refractivity contribution in [3.63, 3.8) is 0 Å². The molecular weight excluding hydrogens is 382 g/mol. The number of para-hydroxylation sites is 1. The number of hydrogen-bond acceptors (Lipinski definition) is 7. The van der Waals surface area contributed by atoms with Crippen LogP contribution in [0.25, 0.3) is 22.3 Å². The summed E-state index contributed by atoms with van der Waals surface area (Å²) in [5.41, 5.74) is 1.67. The Morgan fingerprint density at radius 1 is 1.07 bits per heavy atom. The topological polar surface area (TPSA) is 103 Å². The number of ether oxygens (including phenoxy) is 1. The fourth-order valence-corrected chi connectivity index (χ4v) is 2.96. The normalized spacial score (nSPS) is 10.8. The first-order chi connectivity index (χ1) is 14.8. The molecule has 0 fully saturated rings. The first-order valence-electron chi connectivity index (χ1n) is 9.76. The Hall–Kier alpha value is -3.81. The molecule has 1 aromatic carbocycles. The molecule has 0 aliphatic carbocycles. The number of nitrogens with zero attached hydrogens (tertiary/aromatic N) is 4. The second-order valence-corrected chi connectivity index (χ2v) is 6.63. The highest BCUT2D eigenvalue weighted by Gasteiger charge is 2.10. The molecule has 152 valence electrons. The number of nitrogens with one attached hydrogen (secondary N) is 1. The van der Waals surface area contributed by atoms with Crippen LogP contribution in [0.1, 0.15) is 18.7 Å². The summed E-state index contributed by atoms with van der Waals surface area (Å²) in [4.78, 5) is 24.7. The van der Waals surface area contributed by atoms with E-state index in [1.165, 1.54) is 0 Å². The van der Waals surface area contributed by atoms with Gasteiger partial charge in [-0.05, 0) is 30.7 Å². The van der Waals surface area contributed by atoms with Gasteiger partial charge in [0, 0.05) is 48.9 Å². The molecule has 0 unspecified atom stereocenters. The van der Waals surface area contributed by atoms with Gasteiger partial charge in [-0.3, -0.25) is 14.8 Å². The summed E-state index contributed by atoms with van der Waals surface area (Å²) in [6.07, 6.45) is 6.45. The van der Waals surface area contributed by atoms with Crippen LogP contribution in [-0.2, 0) is 11.2 Å². The van der Waals surface area contributed by atoms with Crippen LogP contribution in [0.3, 0.4) is 0 Å². The maximum atomic E-state index is 12.0. The number of carbonyl (C=O) groups excluding carboxylic acids is 1. The molecule has 0 bridgehead atoms. The first-order valence-corrected chi connectivity index (χ1v) is 9.76. The van der Waals surface area contributed by atoms with Gasteiger partial charge in [0.15, 0.2) is 0 Å². The zero-order chi connectivity index (χ0) is 20.6. The van der Waals surface area contributed by atoms with Crippen LogP contribution < -0.4 is 10.1 Å². The van der Waals surface area contributed by atoms with Gasteiger partial charge in [-0.15, -0.1) is 0 Å². The highest BCUT2D eigenvalue weighted by molar-refractivity contribution is 5.84. The van der Waals surface area contributed by atoms with Crippen LogP contribution >= 0.6 is 0 Å². The lowest BCUT2D eigenvalue weighted by Gasteiger charge is -2.09. The minimum atomic E-state index is -0.0644. The van der Waals surface area contributed by atoms with Gasteiger partial charge in [0.05, 0.1) is 6.61 Å². The van der Waals surface area contributed by atoms with Crippen molar-refractivity contribution in [2.75, 3.05) is 13.2 Å². The van der Waals surface area contributed by atoms with E-state index in [0.29, 0.717) is 37.7 Å². The van der Waals surface area contributed by atoms with Crippen molar-refractivity contribution in [1.29, 1.82) is 0 Å².